The molecule has 0 unspecified atom stereocenters. The number of benzene rings is 1. The summed E-state index contributed by atoms with van der Waals surface area (Å²) in [5.74, 6) is -0.113. The first-order valence-electron chi connectivity index (χ1n) is 4.24. The summed E-state index contributed by atoms with van der Waals surface area (Å²) in [5, 5.41) is 9.29. The molecule has 1 aromatic rings. The first kappa shape index (κ1) is 10.4. The van der Waals surface area contributed by atoms with Crippen LogP contribution in [0.3, 0.4) is 0 Å². The van der Waals surface area contributed by atoms with Crippen LogP contribution in [0, 0.1) is 0 Å². The molecule has 0 saturated heterocycles. The largest absolute Gasteiger partial charge is 0.350 e. The smallest absolute Gasteiger partial charge is 0.292 e. The number of hydrogen-bond acceptors (Lipinski definition) is 3. The van der Waals surface area contributed by atoms with Crippen LogP contribution in [0.2, 0.25) is 0 Å². The third-order valence-electron chi connectivity index (χ3n) is 1.61. The van der Waals surface area contributed by atoms with Gasteiger partial charge < -0.3 is 5.32 Å². The summed E-state index contributed by atoms with van der Waals surface area (Å²) in [6.07, 6.45) is 0. The molecule has 0 atom stereocenters. The van der Waals surface area contributed by atoms with Gasteiger partial charge in [-0.1, -0.05) is 18.2 Å². The lowest BCUT2D eigenvalue weighted by Gasteiger charge is -2.01. The summed E-state index contributed by atoms with van der Waals surface area (Å²) in [7, 11) is 4.80. The van der Waals surface area contributed by atoms with E-state index in [4.69, 9.17) is 7.98 Å². The Morgan fingerprint density at radius 2 is 2.07 bits per heavy atom. The van der Waals surface area contributed by atoms with Gasteiger partial charge in [0.15, 0.2) is 0 Å². The number of amides is 1. The lowest BCUT2D eigenvalue weighted by atomic mass is 10.2. The zero-order valence-corrected chi connectivity index (χ0v) is 7.68. The van der Waals surface area contributed by atoms with Crippen molar-refractivity contribution in [2.24, 2.45) is 10.1 Å². The topological polar surface area (TPSA) is 53.8 Å². The SMILES string of the molecule is [B]N=NCCNC(=O)c1ccccc1. The van der Waals surface area contributed by atoms with Crippen molar-refractivity contribution in [2.45, 2.75) is 0 Å². The molecule has 0 heterocycles. The van der Waals surface area contributed by atoms with Crippen LogP contribution in [0.5, 0.6) is 0 Å². The van der Waals surface area contributed by atoms with Crippen molar-refractivity contribution in [1.82, 2.24) is 5.32 Å². The van der Waals surface area contributed by atoms with Crippen molar-refractivity contribution >= 4 is 13.9 Å². The Bertz CT molecular complexity index is 313. The minimum absolute atomic E-state index is 0.113. The molecule has 0 aliphatic rings. The van der Waals surface area contributed by atoms with Crippen LogP contribution in [0.25, 0.3) is 0 Å². The maximum absolute atomic E-state index is 11.4. The van der Waals surface area contributed by atoms with E-state index in [-0.39, 0.29) is 5.91 Å². The van der Waals surface area contributed by atoms with Gasteiger partial charge in [-0.2, -0.15) is 0 Å². The molecule has 4 nitrogen and oxygen atoms in total. The van der Waals surface area contributed by atoms with E-state index in [1.54, 1.807) is 12.1 Å². The molecule has 5 heteroatoms. The molecule has 14 heavy (non-hydrogen) atoms. The fourth-order valence-electron chi connectivity index (χ4n) is 0.969. The zero-order valence-electron chi connectivity index (χ0n) is 7.68. The van der Waals surface area contributed by atoms with Gasteiger partial charge in [-0.05, 0) is 12.1 Å². The van der Waals surface area contributed by atoms with Gasteiger partial charge in [0.05, 0.1) is 6.54 Å². The number of carbonyl (C=O) groups excluding carboxylic acids is 1. The highest BCUT2D eigenvalue weighted by Crippen LogP contribution is 1.96. The Hall–Kier alpha value is -1.65. The van der Waals surface area contributed by atoms with Crippen LogP contribution in [-0.2, 0) is 0 Å². The predicted octanol–water partition coefficient (Wildman–Crippen LogP) is 0.952. The van der Waals surface area contributed by atoms with Gasteiger partial charge in [-0.25, -0.2) is 5.11 Å². The summed E-state index contributed by atoms with van der Waals surface area (Å²) >= 11 is 0. The Kier molecular flexibility index (Phi) is 4.40. The molecule has 1 aromatic carbocycles. The van der Waals surface area contributed by atoms with Gasteiger partial charge in [-0.15, -0.1) is 0 Å². The van der Waals surface area contributed by atoms with Crippen molar-refractivity contribution in [3.63, 3.8) is 0 Å². The summed E-state index contributed by atoms with van der Waals surface area (Å²) in [6, 6.07) is 8.99. The average molecular weight is 187 g/mol. The van der Waals surface area contributed by atoms with Crippen LogP contribution in [0.4, 0.5) is 0 Å². The van der Waals surface area contributed by atoms with Crippen molar-refractivity contribution in [2.75, 3.05) is 13.1 Å². The molecule has 2 radical (unpaired) electrons. The van der Waals surface area contributed by atoms with Crippen LogP contribution in [0.1, 0.15) is 10.4 Å². The molecule has 0 aromatic heterocycles. The van der Waals surface area contributed by atoms with Crippen LogP contribution < -0.4 is 5.32 Å². The maximum atomic E-state index is 11.4. The van der Waals surface area contributed by atoms with Gasteiger partial charge in [0.2, 0.25) is 0 Å². The van der Waals surface area contributed by atoms with E-state index in [1.165, 1.54) is 0 Å². The second kappa shape index (κ2) is 5.91. The molecular formula is C9H10BN3O. The monoisotopic (exact) mass is 187 g/mol. The zero-order chi connectivity index (χ0) is 10.2. The Morgan fingerprint density at radius 3 is 2.71 bits per heavy atom. The Balaban J connectivity index is 2.36. The number of hydrogen-bond donors (Lipinski definition) is 1. The first-order valence-corrected chi connectivity index (χ1v) is 4.24. The Morgan fingerprint density at radius 1 is 1.36 bits per heavy atom. The highest BCUT2D eigenvalue weighted by atomic mass is 16.1. The Labute approximate surface area is 83.9 Å². The highest BCUT2D eigenvalue weighted by Gasteiger charge is 2.01. The summed E-state index contributed by atoms with van der Waals surface area (Å²) in [5.41, 5.74) is 0.636. The number of rotatable bonds is 4. The number of carbonyl (C=O) groups is 1. The van der Waals surface area contributed by atoms with Gasteiger partial charge in [0.1, 0.15) is 0 Å². The van der Waals surface area contributed by atoms with E-state index in [1.807, 2.05) is 18.2 Å². The molecule has 70 valence electrons. The molecule has 0 aliphatic heterocycles. The van der Waals surface area contributed by atoms with Gasteiger partial charge in [0.25, 0.3) is 13.9 Å². The average Bonchev–Trinajstić information content (AvgIpc) is 2.25. The molecule has 1 N–H and O–H groups in total. The molecule has 0 spiro atoms. The second-order valence-corrected chi connectivity index (χ2v) is 2.60. The summed E-state index contributed by atoms with van der Waals surface area (Å²) in [6.45, 7) is 0.837. The standard InChI is InChI=1S/C9H10BN3O/c10-13-12-7-6-11-9(14)8-4-2-1-3-5-8/h1-5H,6-7H2,(H,11,14). The minimum Gasteiger partial charge on any atom is -0.350 e. The molecule has 0 fully saturated rings. The fourth-order valence-corrected chi connectivity index (χ4v) is 0.969. The first-order chi connectivity index (χ1) is 6.84. The molecule has 1 rings (SSSR count). The minimum atomic E-state index is -0.113. The van der Waals surface area contributed by atoms with Gasteiger partial charge in [-0.3, -0.25) is 9.82 Å². The quantitative estimate of drug-likeness (QED) is 0.425. The van der Waals surface area contributed by atoms with Crippen LogP contribution >= 0.6 is 0 Å². The van der Waals surface area contributed by atoms with Crippen molar-refractivity contribution < 1.29 is 4.79 Å². The van der Waals surface area contributed by atoms with Gasteiger partial charge in [0, 0.05) is 12.1 Å². The molecule has 0 saturated carbocycles. The lowest BCUT2D eigenvalue weighted by molar-refractivity contribution is 0.0955. The van der Waals surface area contributed by atoms with E-state index in [0.717, 1.165) is 0 Å². The molecule has 0 aliphatic carbocycles. The van der Waals surface area contributed by atoms with Gasteiger partial charge >= 0.3 is 0 Å². The summed E-state index contributed by atoms with van der Waals surface area (Å²) < 4.78 is 0. The second-order valence-electron chi connectivity index (χ2n) is 2.60. The predicted molar refractivity (Wildman–Crippen MR) is 54.3 cm³/mol. The third-order valence-corrected chi connectivity index (χ3v) is 1.61. The number of nitrogens with one attached hydrogen (secondary N) is 1. The third kappa shape index (κ3) is 3.39. The van der Waals surface area contributed by atoms with E-state index in [2.05, 4.69) is 15.5 Å². The molecule has 1 amide bonds. The lowest BCUT2D eigenvalue weighted by Crippen LogP contribution is -2.25. The normalized spacial score (nSPS) is 10.3. The summed E-state index contributed by atoms with van der Waals surface area (Å²) in [4.78, 5) is 11.4. The van der Waals surface area contributed by atoms with E-state index in [0.29, 0.717) is 18.7 Å². The van der Waals surface area contributed by atoms with E-state index < -0.39 is 0 Å². The molecule has 0 bridgehead atoms. The number of nitrogens with zero attached hydrogens (tertiary/aromatic N) is 2. The molecular weight excluding hydrogens is 177 g/mol. The van der Waals surface area contributed by atoms with Crippen molar-refractivity contribution in [3.05, 3.63) is 35.9 Å². The van der Waals surface area contributed by atoms with Crippen LogP contribution in [-0.4, -0.2) is 27.0 Å². The van der Waals surface area contributed by atoms with Crippen molar-refractivity contribution in [1.29, 1.82) is 0 Å². The van der Waals surface area contributed by atoms with E-state index >= 15 is 0 Å². The highest BCUT2D eigenvalue weighted by molar-refractivity contribution is 6.04. The van der Waals surface area contributed by atoms with Crippen molar-refractivity contribution in [3.8, 4) is 0 Å². The maximum Gasteiger partial charge on any atom is 0.292 e. The fraction of sp³-hybridized carbons (Fsp3) is 0.222. The van der Waals surface area contributed by atoms with E-state index in [9.17, 15) is 4.79 Å². The van der Waals surface area contributed by atoms with Crippen LogP contribution in [0.15, 0.2) is 40.5 Å².